The van der Waals surface area contributed by atoms with Crippen molar-refractivity contribution in [3.63, 3.8) is 0 Å². The second-order valence-corrected chi connectivity index (χ2v) is 3.91. The number of carbonyl (C=O) groups excluding carboxylic acids is 1. The number of amides is 1. The van der Waals surface area contributed by atoms with Crippen LogP contribution in [0.2, 0.25) is 0 Å². The lowest BCUT2D eigenvalue weighted by Gasteiger charge is -2.29. The highest BCUT2D eigenvalue weighted by Gasteiger charge is 2.20. The van der Waals surface area contributed by atoms with E-state index >= 15 is 0 Å². The summed E-state index contributed by atoms with van der Waals surface area (Å²) in [5.74, 6) is 0.820. The normalized spacial score (nSPS) is 19.1. The van der Waals surface area contributed by atoms with Crippen LogP contribution in [0.3, 0.4) is 0 Å². The lowest BCUT2D eigenvalue weighted by molar-refractivity contribution is -0.132. The summed E-state index contributed by atoms with van der Waals surface area (Å²) in [6, 6.07) is 0. The molecule has 1 amide bonds. The third kappa shape index (κ3) is 2.36. The summed E-state index contributed by atoms with van der Waals surface area (Å²) in [5.41, 5.74) is 1.08. The first kappa shape index (κ1) is 9.30. The molecule has 0 atom stereocenters. The average Bonchev–Trinajstić information content (AvgIpc) is 1.94. The van der Waals surface area contributed by atoms with Crippen LogP contribution < -0.4 is 0 Å². The van der Waals surface area contributed by atoms with E-state index in [0.29, 0.717) is 12.3 Å². The van der Waals surface area contributed by atoms with Crippen molar-refractivity contribution in [2.45, 2.75) is 26.7 Å². The zero-order chi connectivity index (χ0) is 9.14. The molecule has 0 aliphatic carbocycles. The molecule has 0 aromatic carbocycles. The largest absolute Gasteiger partial charge is 0.342 e. The van der Waals surface area contributed by atoms with Crippen molar-refractivity contribution in [1.82, 2.24) is 4.90 Å². The van der Waals surface area contributed by atoms with E-state index in [1.165, 1.54) is 0 Å². The van der Waals surface area contributed by atoms with Gasteiger partial charge >= 0.3 is 0 Å². The summed E-state index contributed by atoms with van der Waals surface area (Å²) in [7, 11) is 0. The third-order valence-corrected chi connectivity index (χ3v) is 2.07. The zero-order valence-corrected chi connectivity index (χ0v) is 7.97. The Morgan fingerprint density at radius 2 is 2.25 bits per heavy atom. The van der Waals surface area contributed by atoms with Crippen LogP contribution in [-0.2, 0) is 4.79 Å². The van der Waals surface area contributed by atoms with Gasteiger partial charge < -0.3 is 4.90 Å². The molecule has 1 heterocycles. The molecule has 0 bridgehead atoms. The molecule has 1 rings (SSSR count). The molecule has 1 saturated heterocycles. The van der Waals surface area contributed by atoms with E-state index in [2.05, 4.69) is 20.4 Å². The number of hydrogen-bond acceptors (Lipinski definition) is 1. The van der Waals surface area contributed by atoms with Crippen molar-refractivity contribution in [2.24, 2.45) is 5.92 Å². The SMILES string of the molecule is C=C1CCN(CC(C)C)C(=O)C1. The van der Waals surface area contributed by atoms with Crippen molar-refractivity contribution >= 4 is 5.91 Å². The van der Waals surface area contributed by atoms with Gasteiger partial charge in [0, 0.05) is 19.5 Å². The first-order chi connectivity index (χ1) is 5.59. The molecule has 2 heteroatoms. The Kier molecular flexibility index (Phi) is 2.90. The fraction of sp³-hybridized carbons (Fsp3) is 0.700. The Labute approximate surface area is 74.2 Å². The van der Waals surface area contributed by atoms with Crippen LogP contribution in [0, 0.1) is 5.92 Å². The number of hydrogen-bond donors (Lipinski definition) is 0. The highest BCUT2D eigenvalue weighted by Crippen LogP contribution is 2.16. The highest BCUT2D eigenvalue weighted by molar-refractivity contribution is 5.79. The summed E-state index contributed by atoms with van der Waals surface area (Å²) in [6.07, 6.45) is 1.55. The van der Waals surface area contributed by atoms with Gasteiger partial charge in [0.1, 0.15) is 0 Å². The molecule has 0 unspecified atom stereocenters. The average molecular weight is 167 g/mol. The van der Waals surface area contributed by atoms with Crippen LogP contribution in [-0.4, -0.2) is 23.9 Å². The van der Waals surface area contributed by atoms with Crippen molar-refractivity contribution in [3.8, 4) is 0 Å². The Morgan fingerprint density at radius 3 is 2.75 bits per heavy atom. The van der Waals surface area contributed by atoms with E-state index < -0.39 is 0 Å². The van der Waals surface area contributed by atoms with Crippen molar-refractivity contribution < 1.29 is 4.79 Å². The maximum absolute atomic E-state index is 11.4. The minimum Gasteiger partial charge on any atom is -0.342 e. The minimum atomic E-state index is 0.250. The van der Waals surface area contributed by atoms with Crippen LogP contribution in [0.5, 0.6) is 0 Å². The predicted octanol–water partition coefficient (Wildman–Crippen LogP) is 1.82. The van der Waals surface area contributed by atoms with Gasteiger partial charge in [-0.1, -0.05) is 26.0 Å². The van der Waals surface area contributed by atoms with E-state index in [4.69, 9.17) is 0 Å². The summed E-state index contributed by atoms with van der Waals surface area (Å²) < 4.78 is 0. The van der Waals surface area contributed by atoms with Crippen LogP contribution in [0.4, 0.5) is 0 Å². The highest BCUT2D eigenvalue weighted by atomic mass is 16.2. The quantitative estimate of drug-likeness (QED) is 0.574. The smallest absolute Gasteiger partial charge is 0.226 e. The number of piperidine rings is 1. The topological polar surface area (TPSA) is 20.3 Å². The van der Waals surface area contributed by atoms with Gasteiger partial charge in [-0.05, 0) is 12.3 Å². The second kappa shape index (κ2) is 3.74. The number of nitrogens with zero attached hydrogens (tertiary/aromatic N) is 1. The molecule has 0 saturated carbocycles. The van der Waals surface area contributed by atoms with Gasteiger partial charge in [0.05, 0.1) is 0 Å². The van der Waals surface area contributed by atoms with Crippen molar-refractivity contribution in [1.29, 1.82) is 0 Å². The fourth-order valence-electron chi connectivity index (χ4n) is 1.47. The summed E-state index contributed by atoms with van der Waals surface area (Å²) in [6.45, 7) is 9.87. The summed E-state index contributed by atoms with van der Waals surface area (Å²) in [4.78, 5) is 13.3. The predicted molar refractivity (Wildman–Crippen MR) is 49.8 cm³/mol. The maximum Gasteiger partial charge on any atom is 0.226 e. The molecule has 12 heavy (non-hydrogen) atoms. The van der Waals surface area contributed by atoms with E-state index in [1.807, 2.05) is 4.90 Å². The summed E-state index contributed by atoms with van der Waals surface area (Å²) in [5, 5.41) is 0. The Hall–Kier alpha value is -0.790. The monoisotopic (exact) mass is 167 g/mol. The van der Waals surface area contributed by atoms with Gasteiger partial charge in [-0.25, -0.2) is 0 Å². The molecular formula is C10H17NO. The molecule has 0 aromatic heterocycles. The van der Waals surface area contributed by atoms with Gasteiger partial charge in [0.25, 0.3) is 0 Å². The molecule has 0 spiro atoms. The first-order valence-corrected chi connectivity index (χ1v) is 4.54. The van der Waals surface area contributed by atoms with E-state index in [9.17, 15) is 4.79 Å². The maximum atomic E-state index is 11.4. The molecule has 1 aliphatic rings. The van der Waals surface area contributed by atoms with Gasteiger partial charge in [0.2, 0.25) is 5.91 Å². The standard InChI is InChI=1S/C10H17NO/c1-8(2)7-11-5-4-9(3)6-10(11)12/h8H,3-7H2,1-2H3. The molecule has 0 N–H and O–H groups in total. The molecule has 1 fully saturated rings. The van der Waals surface area contributed by atoms with Gasteiger partial charge in [-0.15, -0.1) is 0 Å². The summed E-state index contributed by atoms with van der Waals surface area (Å²) >= 11 is 0. The molecule has 0 aromatic rings. The lowest BCUT2D eigenvalue weighted by atomic mass is 10.0. The fourth-order valence-corrected chi connectivity index (χ4v) is 1.47. The van der Waals surface area contributed by atoms with Crippen LogP contribution >= 0.6 is 0 Å². The first-order valence-electron chi connectivity index (χ1n) is 4.54. The van der Waals surface area contributed by atoms with E-state index in [-0.39, 0.29) is 5.91 Å². The number of likely N-dealkylation sites (tertiary alicyclic amines) is 1. The van der Waals surface area contributed by atoms with Crippen LogP contribution in [0.15, 0.2) is 12.2 Å². The van der Waals surface area contributed by atoms with Crippen LogP contribution in [0.25, 0.3) is 0 Å². The Bertz CT molecular complexity index is 196. The molecular weight excluding hydrogens is 150 g/mol. The van der Waals surface area contributed by atoms with Crippen molar-refractivity contribution in [3.05, 3.63) is 12.2 Å². The minimum absolute atomic E-state index is 0.250. The van der Waals surface area contributed by atoms with Gasteiger partial charge in [0.15, 0.2) is 0 Å². The van der Waals surface area contributed by atoms with Gasteiger partial charge in [-0.3, -0.25) is 4.79 Å². The van der Waals surface area contributed by atoms with Crippen LogP contribution in [0.1, 0.15) is 26.7 Å². The molecule has 68 valence electrons. The van der Waals surface area contributed by atoms with Crippen molar-refractivity contribution in [2.75, 3.05) is 13.1 Å². The third-order valence-electron chi connectivity index (χ3n) is 2.07. The van der Waals surface area contributed by atoms with E-state index in [0.717, 1.165) is 25.1 Å². The molecule has 2 nitrogen and oxygen atoms in total. The number of carbonyl (C=O) groups is 1. The lowest BCUT2D eigenvalue weighted by Crippen LogP contribution is -2.38. The Morgan fingerprint density at radius 1 is 1.58 bits per heavy atom. The van der Waals surface area contributed by atoms with Gasteiger partial charge in [-0.2, -0.15) is 0 Å². The molecule has 1 aliphatic heterocycles. The zero-order valence-electron chi connectivity index (χ0n) is 7.97. The number of rotatable bonds is 2. The Balaban J connectivity index is 2.45. The molecule has 0 radical (unpaired) electrons. The second-order valence-electron chi connectivity index (χ2n) is 3.91. The van der Waals surface area contributed by atoms with E-state index in [1.54, 1.807) is 0 Å².